The van der Waals surface area contributed by atoms with Gasteiger partial charge in [-0.05, 0) is 36.6 Å². The fourth-order valence-corrected chi connectivity index (χ4v) is 1.71. The van der Waals surface area contributed by atoms with E-state index in [1.807, 2.05) is 0 Å². The summed E-state index contributed by atoms with van der Waals surface area (Å²) >= 11 is 0. The molecular formula is C10H11F2N. The summed E-state index contributed by atoms with van der Waals surface area (Å²) in [6, 6.07) is 4.16. The van der Waals surface area contributed by atoms with Crippen molar-refractivity contribution >= 4 is 0 Å². The molecule has 1 saturated heterocycles. The average Bonchev–Trinajstić information content (AvgIpc) is 2.62. The van der Waals surface area contributed by atoms with Crippen LogP contribution in [0.1, 0.15) is 17.9 Å². The Morgan fingerprint density at radius 1 is 1.23 bits per heavy atom. The van der Waals surface area contributed by atoms with Crippen LogP contribution in [0.15, 0.2) is 18.2 Å². The third-order valence-corrected chi connectivity index (χ3v) is 2.48. The monoisotopic (exact) mass is 183 g/mol. The SMILES string of the molecule is Fc1ccc([C@H]2CCNC2)cc1F. The first-order chi connectivity index (χ1) is 6.27. The van der Waals surface area contributed by atoms with Crippen LogP contribution in [-0.2, 0) is 0 Å². The molecule has 0 saturated carbocycles. The standard InChI is InChI=1S/C10H11F2N/c11-9-2-1-7(5-10(9)12)8-3-4-13-6-8/h1-2,5,8,13H,3-4,6H2/t8-/m0/s1. The van der Waals surface area contributed by atoms with Crippen LogP contribution in [0, 0.1) is 11.6 Å². The minimum Gasteiger partial charge on any atom is -0.316 e. The fraction of sp³-hybridized carbons (Fsp3) is 0.400. The molecule has 0 radical (unpaired) electrons. The lowest BCUT2D eigenvalue weighted by Gasteiger charge is -2.08. The second-order valence-corrected chi connectivity index (χ2v) is 3.36. The highest BCUT2D eigenvalue weighted by Crippen LogP contribution is 2.23. The molecule has 0 amide bonds. The van der Waals surface area contributed by atoms with Crippen LogP contribution in [0.2, 0.25) is 0 Å². The highest BCUT2D eigenvalue weighted by Gasteiger charge is 2.17. The molecule has 0 aromatic heterocycles. The Hall–Kier alpha value is -0.960. The van der Waals surface area contributed by atoms with Crippen LogP contribution in [-0.4, -0.2) is 13.1 Å². The summed E-state index contributed by atoms with van der Waals surface area (Å²) in [6.07, 6.45) is 1.01. The quantitative estimate of drug-likeness (QED) is 0.702. The van der Waals surface area contributed by atoms with Crippen LogP contribution in [0.4, 0.5) is 8.78 Å². The molecule has 1 N–H and O–H groups in total. The van der Waals surface area contributed by atoms with E-state index >= 15 is 0 Å². The molecule has 1 aliphatic heterocycles. The van der Waals surface area contributed by atoms with E-state index in [1.54, 1.807) is 6.07 Å². The highest BCUT2D eigenvalue weighted by molar-refractivity contribution is 5.23. The van der Waals surface area contributed by atoms with Crippen molar-refractivity contribution in [2.24, 2.45) is 0 Å². The molecule has 1 atom stereocenters. The zero-order chi connectivity index (χ0) is 9.26. The molecule has 2 rings (SSSR count). The molecule has 70 valence electrons. The first-order valence-corrected chi connectivity index (χ1v) is 4.43. The van der Waals surface area contributed by atoms with Crippen LogP contribution in [0.3, 0.4) is 0 Å². The van der Waals surface area contributed by atoms with Crippen LogP contribution >= 0.6 is 0 Å². The van der Waals surface area contributed by atoms with Gasteiger partial charge < -0.3 is 5.32 Å². The minimum atomic E-state index is -0.769. The predicted octanol–water partition coefficient (Wildman–Crippen LogP) is 2.04. The Labute approximate surface area is 75.8 Å². The van der Waals surface area contributed by atoms with E-state index in [1.165, 1.54) is 12.1 Å². The molecule has 1 heterocycles. The van der Waals surface area contributed by atoms with Crippen molar-refractivity contribution in [2.45, 2.75) is 12.3 Å². The first kappa shape index (κ1) is 8.63. The van der Waals surface area contributed by atoms with E-state index in [0.717, 1.165) is 25.1 Å². The third kappa shape index (κ3) is 1.70. The van der Waals surface area contributed by atoms with Gasteiger partial charge in [0.15, 0.2) is 11.6 Å². The van der Waals surface area contributed by atoms with Crippen LogP contribution in [0.25, 0.3) is 0 Å². The molecule has 0 unspecified atom stereocenters. The summed E-state index contributed by atoms with van der Waals surface area (Å²) in [5.74, 6) is -1.17. The molecule has 1 aliphatic rings. The topological polar surface area (TPSA) is 12.0 Å². The van der Waals surface area contributed by atoms with Gasteiger partial charge in [-0.1, -0.05) is 6.07 Å². The summed E-state index contributed by atoms with van der Waals surface area (Å²) < 4.78 is 25.4. The van der Waals surface area contributed by atoms with Crippen molar-refractivity contribution in [3.05, 3.63) is 35.4 Å². The zero-order valence-electron chi connectivity index (χ0n) is 7.19. The maximum atomic E-state index is 12.8. The molecule has 0 spiro atoms. The van der Waals surface area contributed by atoms with Crippen molar-refractivity contribution in [3.8, 4) is 0 Å². The van der Waals surface area contributed by atoms with Crippen molar-refractivity contribution in [1.82, 2.24) is 5.32 Å². The number of hydrogen-bond donors (Lipinski definition) is 1. The molecule has 0 bridgehead atoms. The van der Waals surface area contributed by atoms with Gasteiger partial charge >= 0.3 is 0 Å². The van der Waals surface area contributed by atoms with Gasteiger partial charge in [-0.2, -0.15) is 0 Å². The Bertz CT molecular complexity index is 306. The smallest absolute Gasteiger partial charge is 0.159 e. The van der Waals surface area contributed by atoms with Gasteiger partial charge in [0.25, 0.3) is 0 Å². The number of nitrogens with one attached hydrogen (secondary N) is 1. The summed E-state index contributed by atoms with van der Waals surface area (Å²) in [7, 11) is 0. The molecule has 1 aromatic carbocycles. The summed E-state index contributed by atoms with van der Waals surface area (Å²) in [5, 5.41) is 3.19. The van der Waals surface area contributed by atoms with Crippen LogP contribution in [0.5, 0.6) is 0 Å². The lowest BCUT2D eigenvalue weighted by atomic mass is 9.98. The maximum Gasteiger partial charge on any atom is 0.159 e. The Kier molecular flexibility index (Phi) is 2.27. The Morgan fingerprint density at radius 2 is 2.08 bits per heavy atom. The summed E-state index contributed by atoms with van der Waals surface area (Å²) in [5.41, 5.74) is 0.893. The van der Waals surface area contributed by atoms with Crippen LogP contribution < -0.4 is 5.32 Å². The lowest BCUT2D eigenvalue weighted by Crippen LogP contribution is -2.08. The van der Waals surface area contributed by atoms with Crippen molar-refractivity contribution in [2.75, 3.05) is 13.1 Å². The molecule has 0 aliphatic carbocycles. The van der Waals surface area contributed by atoms with Gasteiger partial charge in [0.1, 0.15) is 0 Å². The van der Waals surface area contributed by atoms with Gasteiger partial charge in [0.2, 0.25) is 0 Å². The average molecular weight is 183 g/mol. The second kappa shape index (κ2) is 3.42. The Balaban J connectivity index is 2.25. The van der Waals surface area contributed by atoms with E-state index < -0.39 is 11.6 Å². The molecule has 13 heavy (non-hydrogen) atoms. The van der Waals surface area contributed by atoms with Gasteiger partial charge in [-0.15, -0.1) is 0 Å². The van der Waals surface area contributed by atoms with Gasteiger partial charge in [-0.25, -0.2) is 8.78 Å². The molecular weight excluding hydrogens is 172 g/mol. The third-order valence-electron chi connectivity index (χ3n) is 2.48. The Morgan fingerprint density at radius 3 is 2.69 bits per heavy atom. The molecule has 1 fully saturated rings. The molecule has 1 nitrogen and oxygen atoms in total. The fourth-order valence-electron chi connectivity index (χ4n) is 1.71. The largest absolute Gasteiger partial charge is 0.316 e. The first-order valence-electron chi connectivity index (χ1n) is 4.43. The van der Waals surface area contributed by atoms with Crippen molar-refractivity contribution in [3.63, 3.8) is 0 Å². The molecule has 1 aromatic rings. The van der Waals surface area contributed by atoms with Gasteiger partial charge in [0, 0.05) is 6.54 Å². The van der Waals surface area contributed by atoms with Crippen molar-refractivity contribution < 1.29 is 8.78 Å². The second-order valence-electron chi connectivity index (χ2n) is 3.36. The van der Waals surface area contributed by atoms with Gasteiger partial charge in [0.05, 0.1) is 0 Å². The molecule has 3 heteroatoms. The zero-order valence-corrected chi connectivity index (χ0v) is 7.19. The van der Waals surface area contributed by atoms with E-state index in [-0.39, 0.29) is 0 Å². The van der Waals surface area contributed by atoms with Gasteiger partial charge in [-0.3, -0.25) is 0 Å². The minimum absolute atomic E-state index is 0.343. The number of benzene rings is 1. The summed E-state index contributed by atoms with van der Waals surface area (Å²) in [4.78, 5) is 0. The number of rotatable bonds is 1. The van der Waals surface area contributed by atoms with E-state index in [4.69, 9.17) is 0 Å². The number of halogens is 2. The maximum absolute atomic E-state index is 12.8. The van der Waals surface area contributed by atoms with Crippen molar-refractivity contribution in [1.29, 1.82) is 0 Å². The van der Waals surface area contributed by atoms with E-state index in [2.05, 4.69) is 5.32 Å². The highest BCUT2D eigenvalue weighted by atomic mass is 19.2. The van der Waals surface area contributed by atoms with E-state index in [0.29, 0.717) is 5.92 Å². The predicted molar refractivity (Wildman–Crippen MR) is 46.6 cm³/mol. The van der Waals surface area contributed by atoms with E-state index in [9.17, 15) is 8.78 Å². The normalized spacial score (nSPS) is 22.2. The number of hydrogen-bond acceptors (Lipinski definition) is 1. The summed E-state index contributed by atoms with van der Waals surface area (Å²) in [6.45, 7) is 1.83. The lowest BCUT2D eigenvalue weighted by molar-refractivity contribution is 0.505.